The summed E-state index contributed by atoms with van der Waals surface area (Å²) in [6.45, 7) is 11.3. The van der Waals surface area contributed by atoms with Crippen LogP contribution in [-0.2, 0) is 23.3 Å². The molecule has 0 aromatic heterocycles. The zero-order valence-electron chi connectivity index (χ0n) is 23.1. The zero-order chi connectivity index (χ0) is 27.1. The number of benzene rings is 4. The van der Waals surface area contributed by atoms with Crippen LogP contribution in [0, 0.1) is 13.8 Å². The second kappa shape index (κ2) is 13.3. The van der Waals surface area contributed by atoms with Crippen molar-refractivity contribution >= 4 is 27.0 Å². The average molecular weight is 588 g/mol. The van der Waals surface area contributed by atoms with Crippen molar-refractivity contribution in [1.82, 2.24) is 0 Å². The van der Waals surface area contributed by atoms with E-state index in [1.54, 1.807) is 23.3 Å². The van der Waals surface area contributed by atoms with Crippen molar-refractivity contribution in [2.24, 2.45) is 0 Å². The monoisotopic (exact) mass is 586 g/mol. The third-order valence-electron chi connectivity index (χ3n) is 6.83. The SMILES string of the molecule is CC(C)[Si](C)=[Zr+2].Cc1cc2c(-c3ccccc3)cccc2[cH-]1.Cc1cc2c(-c3ccccc3)cccc2[cH-]1. The van der Waals surface area contributed by atoms with Crippen LogP contribution in [0.4, 0.5) is 0 Å². The maximum absolute atomic E-state index is 2.38. The molecule has 0 bridgehead atoms. The third-order valence-corrected chi connectivity index (χ3v) is 12.8. The molecule has 0 aliphatic heterocycles. The molecule has 0 saturated carbocycles. The fourth-order valence-corrected chi connectivity index (χ4v) is 4.51. The quantitative estimate of drug-likeness (QED) is 0.143. The van der Waals surface area contributed by atoms with Crippen LogP contribution in [0.15, 0.2) is 121 Å². The zero-order valence-corrected chi connectivity index (χ0v) is 26.6. The van der Waals surface area contributed by atoms with Crippen LogP contribution in [0.25, 0.3) is 43.8 Å². The molecule has 0 nitrogen and oxygen atoms in total. The first-order valence-electron chi connectivity index (χ1n) is 13.3. The number of hydrogen-bond acceptors (Lipinski definition) is 0. The van der Waals surface area contributed by atoms with Gasteiger partial charge in [-0.25, -0.2) is 0 Å². The first kappa shape index (κ1) is 28.2. The van der Waals surface area contributed by atoms with Gasteiger partial charge in [0.1, 0.15) is 0 Å². The van der Waals surface area contributed by atoms with E-state index in [-0.39, 0.29) is 5.43 Å². The molecule has 0 atom stereocenters. The van der Waals surface area contributed by atoms with Crippen molar-refractivity contribution < 1.29 is 23.3 Å². The summed E-state index contributed by atoms with van der Waals surface area (Å²) in [5.41, 5.74) is 9.03. The van der Waals surface area contributed by atoms with Crippen LogP contribution in [0.2, 0.25) is 12.1 Å². The summed E-state index contributed by atoms with van der Waals surface area (Å²) < 4.78 is 0. The fourth-order valence-electron chi connectivity index (χ4n) is 4.51. The van der Waals surface area contributed by atoms with Gasteiger partial charge in [0.05, 0.1) is 0 Å². The van der Waals surface area contributed by atoms with Crippen LogP contribution in [0.3, 0.4) is 0 Å². The van der Waals surface area contributed by atoms with Gasteiger partial charge in [0.15, 0.2) is 0 Å². The molecule has 0 amide bonds. The molecule has 6 rings (SSSR count). The van der Waals surface area contributed by atoms with E-state index in [1.807, 2.05) is 0 Å². The molecule has 0 aliphatic carbocycles. The standard InChI is InChI=1S/2C16H13.C4H10Si.Zr/c2*1-12-10-14-8-5-9-15(16(14)11-12)13-6-3-2-4-7-13;1-4(2)5-3;/h2*2-11H,1H3;4H,1-3H3;/q2*-1;;+2. The minimum atomic E-state index is 0.138. The van der Waals surface area contributed by atoms with Gasteiger partial charge in [0, 0.05) is 0 Å². The smallest absolute Gasteiger partial charge is 0.0279 e. The normalized spacial score (nSPS) is 10.6. The molecule has 38 heavy (non-hydrogen) atoms. The molecule has 0 aliphatic rings. The first-order valence-corrected chi connectivity index (χ1v) is 19.1. The van der Waals surface area contributed by atoms with Gasteiger partial charge < -0.3 is 0 Å². The van der Waals surface area contributed by atoms with Crippen molar-refractivity contribution in [3.05, 3.63) is 132 Å². The molecule has 6 aromatic rings. The summed E-state index contributed by atoms with van der Waals surface area (Å²) >= 11 is 1.77. The molecule has 0 N–H and O–H groups in total. The Kier molecular flexibility index (Phi) is 9.89. The molecular weight excluding hydrogens is 552 g/mol. The van der Waals surface area contributed by atoms with Crippen LogP contribution >= 0.6 is 0 Å². The Bertz CT molecular complexity index is 1500. The Morgan fingerprint density at radius 3 is 1.29 bits per heavy atom. The topological polar surface area (TPSA) is 0 Å². The summed E-state index contributed by atoms with van der Waals surface area (Å²) in [6, 6.07) is 43.1. The van der Waals surface area contributed by atoms with E-state index in [4.69, 9.17) is 0 Å². The summed E-state index contributed by atoms with van der Waals surface area (Å²) in [4.78, 5) is 0. The van der Waals surface area contributed by atoms with Crippen LogP contribution in [0.1, 0.15) is 25.0 Å². The summed E-state index contributed by atoms with van der Waals surface area (Å²) in [5, 5.41) is 5.37. The molecule has 0 radical (unpaired) electrons. The molecule has 0 unspecified atom stereocenters. The Morgan fingerprint density at radius 1 is 0.579 bits per heavy atom. The van der Waals surface area contributed by atoms with Crippen molar-refractivity contribution in [3.8, 4) is 22.3 Å². The van der Waals surface area contributed by atoms with E-state index in [2.05, 4.69) is 156 Å². The van der Waals surface area contributed by atoms with E-state index in [0.29, 0.717) is 0 Å². The maximum Gasteiger partial charge on any atom is -0.0279 e. The number of rotatable bonds is 3. The molecular formula is C36H36SiZr. The second-order valence-electron chi connectivity index (χ2n) is 10.3. The Morgan fingerprint density at radius 2 is 0.947 bits per heavy atom. The Hall–Kier alpha value is -2.80. The van der Waals surface area contributed by atoms with Gasteiger partial charge in [0.25, 0.3) is 0 Å². The number of fused-ring (bicyclic) bond motifs is 2. The number of aryl methyl sites for hydroxylation is 2. The largest absolute Gasteiger partial charge is 0.165 e. The second-order valence-corrected chi connectivity index (χ2v) is 18.6. The molecule has 0 fully saturated rings. The Labute approximate surface area is 243 Å². The van der Waals surface area contributed by atoms with E-state index in [9.17, 15) is 0 Å². The van der Waals surface area contributed by atoms with Crippen molar-refractivity contribution in [1.29, 1.82) is 0 Å². The van der Waals surface area contributed by atoms with E-state index < -0.39 is 0 Å². The minimum absolute atomic E-state index is 0.138. The van der Waals surface area contributed by atoms with Crippen LogP contribution in [0.5, 0.6) is 0 Å². The van der Waals surface area contributed by atoms with Gasteiger partial charge >= 0.3 is 54.7 Å². The molecule has 6 aromatic carbocycles. The summed E-state index contributed by atoms with van der Waals surface area (Å²) in [5.74, 6) is 0. The van der Waals surface area contributed by atoms with Crippen molar-refractivity contribution in [3.63, 3.8) is 0 Å². The predicted octanol–water partition coefficient (Wildman–Crippen LogP) is 10.6. The van der Waals surface area contributed by atoms with Crippen molar-refractivity contribution in [2.45, 2.75) is 39.8 Å². The average Bonchev–Trinajstić information content (AvgIpc) is 3.50. The third kappa shape index (κ3) is 7.19. The fraction of sp³-hybridized carbons (Fsp3) is 0.167. The minimum Gasteiger partial charge on any atom is -0.165 e. The van der Waals surface area contributed by atoms with E-state index in [0.717, 1.165) is 5.54 Å². The summed E-state index contributed by atoms with van der Waals surface area (Å²) in [7, 11) is 0. The van der Waals surface area contributed by atoms with Gasteiger partial charge in [0.2, 0.25) is 0 Å². The van der Waals surface area contributed by atoms with Gasteiger partial charge in [-0.1, -0.05) is 97.8 Å². The molecule has 0 saturated heterocycles. The maximum atomic E-state index is 2.38. The van der Waals surface area contributed by atoms with E-state index in [1.165, 1.54) is 54.9 Å². The summed E-state index contributed by atoms with van der Waals surface area (Å²) in [6.07, 6.45) is 0. The van der Waals surface area contributed by atoms with Crippen molar-refractivity contribution in [2.75, 3.05) is 0 Å². The Balaban J connectivity index is 0.000000147. The van der Waals surface area contributed by atoms with Gasteiger partial charge in [-0.05, 0) is 11.1 Å². The molecule has 2 heteroatoms. The molecule has 0 spiro atoms. The van der Waals surface area contributed by atoms with Gasteiger partial charge in [-0.15, -0.1) is 69.1 Å². The van der Waals surface area contributed by atoms with Crippen LogP contribution in [-0.4, -0.2) is 5.43 Å². The number of hydrogen-bond donors (Lipinski definition) is 0. The van der Waals surface area contributed by atoms with E-state index >= 15 is 0 Å². The first-order chi connectivity index (χ1) is 18.3. The molecule has 0 heterocycles. The van der Waals surface area contributed by atoms with Gasteiger partial charge in [-0.2, -0.15) is 12.1 Å². The van der Waals surface area contributed by atoms with Gasteiger partial charge in [-0.3, -0.25) is 0 Å². The molecule has 188 valence electrons. The predicted molar refractivity (Wildman–Crippen MR) is 166 cm³/mol. The van der Waals surface area contributed by atoms with Crippen LogP contribution < -0.4 is 0 Å².